The molecule has 1 aliphatic rings. The molecule has 5 nitrogen and oxygen atoms in total. The molecule has 0 aromatic carbocycles. The van der Waals surface area contributed by atoms with Crippen molar-refractivity contribution in [2.24, 2.45) is 5.73 Å². The number of rotatable bonds is 7. The van der Waals surface area contributed by atoms with Crippen molar-refractivity contribution >= 4 is 0 Å². The fourth-order valence-corrected chi connectivity index (χ4v) is 2.43. The quantitative estimate of drug-likeness (QED) is 0.744. The molecule has 0 aliphatic heterocycles. The van der Waals surface area contributed by atoms with Gasteiger partial charge in [0.2, 0.25) is 0 Å². The van der Waals surface area contributed by atoms with E-state index < -0.39 is 0 Å². The second-order valence-electron chi connectivity index (χ2n) is 4.93. The van der Waals surface area contributed by atoms with Crippen LogP contribution in [0.3, 0.4) is 0 Å². The fraction of sp³-hybridized carbons (Fsp3) is 0.769. The average Bonchev–Trinajstić information content (AvgIpc) is 2.67. The van der Waals surface area contributed by atoms with Crippen LogP contribution in [-0.2, 0) is 13.0 Å². The lowest BCUT2D eigenvalue weighted by atomic mass is 9.81. The molecule has 18 heavy (non-hydrogen) atoms. The Hall–Kier alpha value is -1.41. The molecular weight excluding hydrogens is 226 g/mol. The second kappa shape index (κ2) is 6.50. The topological polar surface area (TPSA) is 80.5 Å². The third kappa shape index (κ3) is 2.88. The number of nitriles is 1. The highest BCUT2D eigenvalue weighted by atomic mass is 15.4. The Kier molecular flexibility index (Phi) is 4.71. The predicted octanol–water partition coefficient (Wildman–Crippen LogP) is 1.74. The van der Waals surface area contributed by atoms with Gasteiger partial charge in [-0.05, 0) is 32.2 Å². The Bertz CT molecular complexity index is 414. The molecular formula is C13H21N5. The van der Waals surface area contributed by atoms with Gasteiger partial charge in [-0.15, -0.1) is 5.10 Å². The van der Waals surface area contributed by atoms with E-state index in [-0.39, 0.29) is 0 Å². The minimum absolute atomic E-state index is 0.628. The standard InChI is InChI=1S/C13H21N5/c14-8-2-1-3-10-18-13(11-5-4-6-11)12(7-9-15)16-17-18/h11H,1-7,9-10,15H2. The predicted molar refractivity (Wildman–Crippen MR) is 68.8 cm³/mol. The van der Waals surface area contributed by atoms with E-state index in [2.05, 4.69) is 16.4 Å². The van der Waals surface area contributed by atoms with Gasteiger partial charge in [0.05, 0.1) is 17.5 Å². The van der Waals surface area contributed by atoms with Crippen molar-refractivity contribution in [3.8, 4) is 6.07 Å². The molecule has 0 radical (unpaired) electrons. The van der Waals surface area contributed by atoms with Crippen molar-refractivity contribution in [3.63, 3.8) is 0 Å². The van der Waals surface area contributed by atoms with Crippen molar-refractivity contribution < 1.29 is 0 Å². The second-order valence-corrected chi connectivity index (χ2v) is 4.93. The van der Waals surface area contributed by atoms with E-state index in [0.717, 1.165) is 31.5 Å². The monoisotopic (exact) mass is 247 g/mol. The van der Waals surface area contributed by atoms with E-state index in [4.69, 9.17) is 11.0 Å². The average molecular weight is 247 g/mol. The molecule has 1 aromatic heterocycles. The maximum absolute atomic E-state index is 8.53. The van der Waals surface area contributed by atoms with Crippen LogP contribution in [0.25, 0.3) is 0 Å². The third-order valence-corrected chi connectivity index (χ3v) is 3.63. The van der Waals surface area contributed by atoms with Crippen LogP contribution in [0.4, 0.5) is 0 Å². The van der Waals surface area contributed by atoms with E-state index in [1.54, 1.807) is 0 Å². The van der Waals surface area contributed by atoms with Crippen LogP contribution in [0.2, 0.25) is 0 Å². The highest BCUT2D eigenvalue weighted by molar-refractivity contribution is 5.18. The first-order valence-electron chi connectivity index (χ1n) is 6.86. The molecule has 1 fully saturated rings. The Morgan fingerprint density at radius 2 is 2.22 bits per heavy atom. The molecule has 1 saturated carbocycles. The molecule has 1 aromatic rings. The SMILES string of the molecule is N#CCCCCn1nnc(CCN)c1C1CCC1. The molecule has 0 saturated heterocycles. The molecule has 5 heteroatoms. The van der Waals surface area contributed by atoms with E-state index in [1.807, 2.05) is 4.68 Å². The van der Waals surface area contributed by atoms with Gasteiger partial charge in [-0.1, -0.05) is 11.6 Å². The summed E-state index contributed by atoms with van der Waals surface area (Å²) in [6.07, 6.45) is 7.21. The summed E-state index contributed by atoms with van der Waals surface area (Å²) in [7, 11) is 0. The number of aromatic nitrogens is 3. The summed E-state index contributed by atoms with van der Waals surface area (Å²) in [4.78, 5) is 0. The van der Waals surface area contributed by atoms with Gasteiger partial charge in [-0.3, -0.25) is 0 Å². The fourth-order valence-electron chi connectivity index (χ4n) is 2.43. The number of unbranched alkanes of at least 4 members (excludes halogenated alkanes) is 2. The lowest BCUT2D eigenvalue weighted by Gasteiger charge is -2.26. The zero-order chi connectivity index (χ0) is 12.8. The van der Waals surface area contributed by atoms with Gasteiger partial charge in [0.1, 0.15) is 0 Å². The Morgan fingerprint density at radius 1 is 1.39 bits per heavy atom. The number of hydrogen-bond acceptors (Lipinski definition) is 4. The molecule has 1 heterocycles. The number of hydrogen-bond donors (Lipinski definition) is 1. The summed E-state index contributed by atoms with van der Waals surface area (Å²) in [5, 5.41) is 17.1. The van der Waals surface area contributed by atoms with E-state index in [0.29, 0.717) is 18.9 Å². The lowest BCUT2D eigenvalue weighted by Crippen LogP contribution is -2.18. The largest absolute Gasteiger partial charge is 0.330 e. The molecule has 0 atom stereocenters. The van der Waals surface area contributed by atoms with Crippen LogP contribution in [-0.4, -0.2) is 21.5 Å². The summed E-state index contributed by atoms with van der Waals surface area (Å²) >= 11 is 0. The number of aryl methyl sites for hydroxylation is 1. The molecule has 1 aliphatic carbocycles. The first-order chi connectivity index (χ1) is 8.86. The normalized spacial score (nSPS) is 15.3. The van der Waals surface area contributed by atoms with E-state index >= 15 is 0 Å². The summed E-state index contributed by atoms with van der Waals surface area (Å²) in [6, 6.07) is 2.18. The van der Waals surface area contributed by atoms with Crippen molar-refractivity contribution in [2.75, 3.05) is 6.54 Å². The molecule has 0 unspecified atom stereocenters. The van der Waals surface area contributed by atoms with Crippen molar-refractivity contribution in [1.82, 2.24) is 15.0 Å². The zero-order valence-corrected chi connectivity index (χ0v) is 10.8. The summed E-state index contributed by atoms with van der Waals surface area (Å²) in [5.74, 6) is 0.637. The van der Waals surface area contributed by atoms with Crippen LogP contribution < -0.4 is 5.73 Å². The molecule has 0 amide bonds. The van der Waals surface area contributed by atoms with Crippen molar-refractivity contribution in [1.29, 1.82) is 5.26 Å². The van der Waals surface area contributed by atoms with Gasteiger partial charge in [-0.25, -0.2) is 4.68 Å². The van der Waals surface area contributed by atoms with Crippen LogP contribution >= 0.6 is 0 Å². The summed E-state index contributed by atoms with van der Waals surface area (Å²) < 4.78 is 2.05. The highest BCUT2D eigenvalue weighted by Crippen LogP contribution is 2.37. The van der Waals surface area contributed by atoms with Crippen LogP contribution in [0, 0.1) is 11.3 Å². The number of nitrogens with zero attached hydrogens (tertiary/aromatic N) is 4. The third-order valence-electron chi connectivity index (χ3n) is 3.63. The van der Waals surface area contributed by atoms with Gasteiger partial charge < -0.3 is 5.73 Å². The van der Waals surface area contributed by atoms with Crippen LogP contribution in [0.5, 0.6) is 0 Å². The maximum Gasteiger partial charge on any atom is 0.0874 e. The number of nitrogens with two attached hydrogens (primary N) is 1. The van der Waals surface area contributed by atoms with E-state index in [1.165, 1.54) is 25.0 Å². The Labute approximate surface area is 108 Å². The minimum atomic E-state index is 0.628. The Morgan fingerprint density at radius 3 is 2.83 bits per heavy atom. The highest BCUT2D eigenvalue weighted by Gasteiger charge is 2.27. The first kappa shape index (κ1) is 13.0. The van der Waals surface area contributed by atoms with Gasteiger partial charge in [0.25, 0.3) is 0 Å². The molecule has 98 valence electrons. The Balaban J connectivity index is 2.01. The molecule has 2 N–H and O–H groups in total. The minimum Gasteiger partial charge on any atom is -0.330 e. The van der Waals surface area contributed by atoms with Gasteiger partial charge >= 0.3 is 0 Å². The molecule has 2 rings (SSSR count). The van der Waals surface area contributed by atoms with Gasteiger partial charge in [-0.2, -0.15) is 5.26 Å². The lowest BCUT2D eigenvalue weighted by molar-refractivity contribution is 0.381. The smallest absolute Gasteiger partial charge is 0.0874 e. The first-order valence-corrected chi connectivity index (χ1v) is 6.86. The van der Waals surface area contributed by atoms with Crippen LogP contribution in [0.1, 0.15) is 55.8 Å². The summed E-state index contributed by atoms with van der Waals surface area (Å²) in [6.45, 7) is 1.51. The van der Waals surface area contributed by atoms with Crippen LogP contribution in [0.15, 0.2) is 0 Å². The zero-order valence-electron chi connectivity index (χ0n) is 10.8. The van der Waals surface area contributed by atoms with Crippen molar-refractivity contribution in [2.45, 2.75) is 57.4 Å². The van der Waals surface area contributed by atoms with E-state index in [9.17, 15) is 0 Å². The molecule has 0 bridgehead atoms. The summed E-state index contributed by atoms with van der Waals surface area (Å²) in [5.41, 5.74) is 8.02. The van der Waals surface area contributed by atoms with Gasteiger partial charge in [0.15, 0.2) is 0 Å². The van der Waals surface area contributed by atoms with Gasteiger partial charge in [0, 0.05) is 25.3 Å². The maximum atomic E-state index is 8.53. The van der Waals surface area contributed by atoms with Crippen molar-refractivity contribution in [3.05, 3.63) is 11.4 Å². The molecule has 0 spiro atoms.